The van der Waals surface area contributed by atoms with Crippen molar-refractivity contribution < 1.29 is 18.0 Å². The number of rotatable bonds is 7. The summed E-state index contributed by atoms with van der Waals surface area (Å²) in [7, 11) is 0. The fourth-order valence-electron chi connectivity index (χ4n) is 2.93. The summed E-state index contributed by atoms with van der Waals surface area (Å²) >= 11 is 5.93. The predicted octanol–water partition coefficient (Wildman–Crippen LogP) is 3.92. The lowest BCUT2D eigenvalue weighted by Crippen LogP contribution is -2.28. The number of hydrogen-bond acceptors (Lipinski definition) is 3. The smallest absolute Gasteiger partial charge is 0.348 e. The first-order chi connectivity index (χ1) is 12.7. The molecule has 1 atom stereocenters. The molecule has 1 unspecified atom stereocenters. The number of amides is 1. The average molecular weight is 404 g/mol. The number of hydrogen-bond donors (Lipinski definition) is 1. The minimum Gasteiger partial charge on any atom is -0.348 e. The standard InChI is InChI=1S/C17H21ClF3N5O/c1-3-25-8-6-12(23-25)10(2)22-13(27)7-9-26-15(11-4-5-11)14(18)16(24-26)17(19,20)21/h6,8,10-11H,3-5,7,9H2,1-2H3,(H,22,27). The quantitative estimate of drug-likeness (QED) is 0.762. The summed E-state index contributed by atoms with van der Waals surface area (Å²) in [5.41, 5.74) is 0.0295. The summed E-state index contributed by atoms with van der Waals surface area (Å²) in [5, 5.41) is 10.4. The minimum atomic E-state index is -4.61. The van der Waals surface area contributed by atoms with Crippen LogP contribution in [0.2, 0.25) is 5.02 Å². The van der Waals surface area contributed by atoms with Gasteiger partial charge in [0.2, 0.25) is 5.91 Å². The Balaban J connectivity index is 1.65. The van der Waals surface area contributed by atoms with Crippen molar-refractivity contribution in [2.24, 2.45) is 0 Å². The maximum atomic E-state index is 13.1. The topological polar surface area (TPSA) is 64.7 Å². The Bertz CT molecular complexity index is 825. The Hall–Kier alpha value is -2.03. The van der Waals surface area contributed by atoms with E-state index in [0.29, 0.717) is 5.69 Å². The van der Waals surface area contributed by atoms with E-state index in [4.69, 9.17) is 11.6 Å². The Morgan fingerprint density at radius 1 is 1.41 bits per heavy atom. The van der Waals surface area contributed by atoms with E-state index < -0.39 is 11.9 Å². The van der Waals surface area contributed by atoms with Crippen LogP contribution in [0.4, 0.5) is 13.2 Å². The highest BCUT2D eigenvalue weighted by molar-refractivity contribution is 6.32. The van der Waals surface area contributed by atoms with Crippen molar-refractivity contribution in [3.05, 3.63) is 34.4 Å². The summed E-state index contributed by atoms with van der Waals surface area (Å²) in [6.45, 7) is 4.54. The zero-order valence-corrected chi connectivity index (χ0v) is 15.8. The summed E-state index contributed by atoms with van der Waals surface area (Å²) in [6, 6.07) is 1.53. The molecule has 27 heavy (non-hydrogen) atoms. The number of aromatic nitrogens is 4. The number of nitrogens with zero attached hydrogens (tertiary/aromatic N) is 4. The molecule has 6 nitrogen and oxygen atoms in total. The first-order valence-electron chi connectivity index (χ1n) is 8.86. The van der Waals surface area contributed by atoms with Gasteiger partial charge < -0.3 is 5.32 Å². The highest BCUT2D eigenvalue weighted by Gasteiger charge is 2.42. The van der Waals surface area contributed by atoms with E-state index in [-0.39, 0.29) is 35.9 Å². The summed E-state index contributed by atoms with van der Waals surface area (Å²) in [6.07, 6.45) is -1.21. The van der Waals surface area contributed by atoms with Gasteiger partial charge in [-0.05, 0) is 32.8 Å². The van der Waals surface area contributed by atoms with E-state index >= 15 is 0 Å². The number of aryl methyl sites for hydroxylation is 2. The lowest BCUT2D eigenvalue weighted by atomic mass is 10.2. The van der Waals surface area contributed by atoms with Crippen LogP contribution in [0.3, 0.4) is 0 Å². The second kappa shape index (κ2) is 7.53. The molecule has 1 fully saturated rings. The molecule has 0 bridgehead atoms. The molecule has 1 saturated carbocycles. The molecule has 2 aromatic rings. The van der Waals surface area contributed by atoms with E-state index in [0.717, 1.165) is 25.1 Å². The van der Waals surface area contributed by atoms with Crippen molar-refractivity contribution in [2.75, 3.05) is 0 Å². The van der Waals surface area contributed by atoms with Crippen LogP contribution in [0.5, 0.6) is 0 Å². The third-order valence-corrected chi connectivity index (χ3v) is 4.89. The van der Waals surface area contributed by atoms with Gasteiger partial charge in [0.1, 0.15) is 0 Å². The second-order valence-corrected chi connectivity index (χ2v) is 7.06. The molecule has 0 spiro atoms. The molecular formula is C17H21ClF3N5O. The van der Waals surface area contributed by atoms with Crippen molar-refractivity contribution >= 4 is 17.5 Å². The van der Waals surface area contributed by atoms with Crippen molar-refractivity contribution in [3.63, 3.8) is 0 Å². The molecule has 1 N–H and O–H groups in total. The van der Waals surface area contributed by atoms with Crippen LogP contribution in [0, 0.1) is 0 Å². The maximum Gasteiger partial charge on any atom is 0.436 e. The van der Waals surface area contributed by atoms with Crippen LogP contribution in [-0.2, 0) is 24.1 Å². The first-order valence-corrected chi connectivity index (χ1v) is 9.24. The van der Waals surface area contributed by atoms with Crippen molar-refractivity contribution in [2.45, 2.75) is 64.3 Å². The Kier molecular flexibility index (Phi) is 5.50. The number of carbonyl (C=O) groups is 1. The maximum absolute atomic E-state index is 13.1. The fourth-order valence-corrected chi connectivity index (χ4v) is 3.33. The van der Waals surface area contributed by atoms with Crippen molar-refractivity contribution in [3.8, 4) is 0 Å². The monoisotopic (exact) mass is 403 g/mol. The lowest BCUT2D eigenvalue weighted by molar-refractivity contribution is -0.141. The Labute approximate surface area is 159 Å². The summed E-state index contributed by atoms with van der Waals surface area (Å²) < 4.78 is 42.2. The van der Waals surface area contributed by atoms with Gasteiger partial charge in [-0.3, -0.25) is 14.2 Å². The molecule has 148 valence electrons. The second-order valence-electron chi connectivity index (χ2n) is 6.68. The van der Waals surface area contributed by atoms with Gasteiger partial charge in [-0.2, -0.15) is 23.4 Å². The minimum absolute atomic E-state index is 0.00779. The summed E-state index contributed by atoms with van der Waals surface area (Å²) in [4.78, 5) is 12.2. The first kappa shape index (κ1) is 19.7. The zero-order chi connectivity index (χ0) is 19.8. The molecule has 0 aromatic carbocycles. The molecule has 0 aliphatic heterocycles. The van der Waals surface area contributed by atoms with Gasteiger partial charge in [-0.15, -0.1) is 0 Å². The van der Waals surface area contributed by atoms with E-state index in [9.17, 15) is 18.0 Å². The van der Waals surface area contributed by atoms with E-state index in [2.05, 4.69) is 15.5 Å². The van der Waals surface area contributed by atoms with Gasteiger partial charge in [-0.25, -0.2) is 0 Å². The number of carbonyl (C=O) groups excluding carboxylic acids is 1. The molecule has 1 amide bonds. The molecular weight excluding hydrogens is 383 g/mol. The molecule has 2 heterocycles. The van der Waals surface area contributed by atoms with Gasteiger partial charge in [0, 0.05) is 25.1 Å². The summed E-state index contributed by atoms with van der Waals surface area (Å²) in [5.74, 6) is -0.295. The number of nitrogens with one attached hydrogen (secondary N) is 1. The predicted molar refractivity (Wildman–Crippen MR) is 93.3 cm³/mol. The molecule has 3 rings (SSSR count). The van der Waals surface area contributed by atoms with Crippen LogP contribution < -0.4 is 5.32 Å². The van der Waals surface area contributed by atoms with Gasteiger partial charge >= 0.3 is 6.18 Å². The van der Waals surface area contributed by atoms with Crippen LogP contribution in [0.15, 0.2) is 12.3 Å². The van der Waals surface area contributed by atoms with E-state index in [1.807, 2.05) is 26.1 Å². The average Bonchev–Trinajstić information content (AvgIpc) is 3.19. The fraction of sp³-hybridized carbons (Fsp3) is 0.588. The number of halogens is 4. The van der Waals surface area contributed by atoms with Crippen LogP contribution >= 0.6 is 11.6 Å². The van der Waals surface area contributed by atoms with E-state index in [1.165, 1.54) is 4.68 Å². The molecule has 0 saturated heterocycles. The van der Waals surface area contributed by atoms with Crippen LogP contribution in [0.25, 0.3) is 0 Å². The molecule has 0 radical (unpaired) electrons. The van der Waals surface area contributed by atoms with Crippen molar-refractivity contribution in [1.82, 2.24) is 24.9 Å². The zero-order valence-electron chi connectivity index (χ0n) is 15.1. The largest absolute Gasteiger partial charge is 0.436 e. The van der Waals surface area contributed by atoms with Gasteiger partial charge in [0.25, 0.3) is 0 Å². The van der Waals surface area contributed by atoms with Crippen molar-refractivity contribution in [1.29, 1.82) is 0 Å². The van der Waals surface area contributed by atoms with Gasteiger partial charge in [-0.1, -0.05) is 11.6 Å². The third-order valence-electron chi connectivity index (χ3n) is 4.52. The molecule has 1 aliphatic carbocycles. The van der Waals surface area contributed by atoms with Crippen LogP contribution in [0.1, 0.15) is 62.2 Å². The third kappa shape index (κ3) is 4.45. The Morgan fingerprint density at radius 2 is 2.11 bits per heavy atom. The SMILES string of the molecule is CCn1ccc(C(C)NC(=O)CCn2nc(C(F)(F)F)c(Cl)c2C2CC2)n1. The highest BCUT2D eigenvalue weighted by atomic mass is 35.5. The molecule has 10 heteroatoms. The molecule has 2 aromatic heterocycles. The molecule has 1 aliphatic rings. The highest BCUT2D eigenvalue weighted by Crippen LogP contribution is 2.46. The van der Waals surface area contributed by atoms with Crippen LogP contribution in [-0.4, -0.2) is 25.5 Å². The number of alkyl halides is 3. The normalized spacial score (nSPS) is 15.8. The van der Waals surface area contributed by atoms with E-state index in [1.54, 1.807) is 4.68 Å². The van der Waals surface area contributed by atoms with Gasteiger partial charge in [0.15, 0.2) is 5.69 Å². The Morgan fingerprint density at radius 3 is 2.67 bits per heavy atom. The van der Waals surface area contributed by atoms with Gasteiger partial charge in [0.05, 0.1) is 29.0 Å². The lowest BCUT2D eigenvalue weighted by Gasteiger charge is -2.12.